The SMILES string of the molecule is CCOc1ccc(NC(=S)N(Cc2ccc(OC)cc2)Cc2cccnc2)cc1. The fourth-order valence-corrected chi connectivity index (χ4v) is 3.11. The van der Waals surface area contributed by atoms with E-state index < -0.39 is 0 Å². The minimum Gasteiger partial charge on any atom is -0.497 e. The summed E-state index contributed by atoms with van der Waals surface area (Å²) < 4.78 is 10.8. The highest BCUT2D eigenvalue weighted by molar-refractivity contribution is 7.80. The first kappa shape index (κ1) is 20.6. The number of nitrogens with zero attached hydrogens (tertiary/aromatic N) is 2. The Kier molecular flexibility index (Phi) is 7.41. The lowest BCUT2D eigenvalue weighted by atomic mass is 10.2. The predicted molar refractivity (Wildman–Crippen MR) is 120 cm³/mol. The van der Waals surface area contributed by atoms with Crippen LogP contribution in [0, 0.1) is 0 Å². The van der Waals surface area contributed by atoms with Gasteiger partial charge < -0.3 is 19.7 Å². The lowest BCUT2D eigenvalue weighted by Crippen LogP contribution is -2.33. The molecule has 0 amide bonds. The van der Waals surface area contributed by atoms with Gasteiger partial charge in [0.05, 0.1) is 13.7 Å². The fourth-order valence-electron chi connectivity index (χ4n) is 2.87. The van der Waals surface area contributed by atoms with E-state index in [1.807, 2.05) is 61.7 Å². The molecule has 0 unspecified atom stereocenters. The zero-order valence-electron chi connectivity index (χ0n) is 16.7. The van der Waals surface area contributed by atoms with Crippen LogP contribution in [0.2, 0.25) is 0 Å². The molecule has 0 aliphatic heterocycles. The maximum Gasteiger partial charge on any atom is 0.174 e. The number of pyridine rings is 1. The van der Waals surface area contributed by atoms with Gasteiger partial charge in [0.15, 0.2) is 5.11 Å². The second kappa shape index (κ2) is 10.4. The molecule has 3 rings (SSSR count). The van der Waals surface area contributed by atoms with E-state index in [-0.39, 0.29) is 0 Å². The largest absolute Gasteiger partial charge is 0.497 e. The smallest absolute Gasteiger partial charge is 0.174 e. The molecule has 0 spiro atoms. The molecule has 0 saturated heterocycles. The number of anilines is 1. The van der Waals surface area contributed by atoms with E-state index in [1.54, 1.807) is 13.3 Å². The summed E-state index contributed by atoms with van der Waals surface area (Å²) in [7, 11) is 1.67. The van der Waals surface area contributed by atoms with Crippen molar-refractivity contribution in [2.24, 2.45) is 0 Å². The van der Waals surface area contributed by atoms with Crippen molar-refractivity contribution in [2.75, 3.05) is 19.0 Å². The molecule has 0 saturated carbocycles. The number of ether oxygens (including phenoxy) is 2. The van der Waals surface area contributed by atoms with Crippen LogP contribution in [0.15, 0.2) is 73.1 Å². The minimum atomic E-state index is 0.645. The normalized spacial score (nSPS) is 10.3. The van der Waals surface area contributed by atoms with Crippen LogP contribution in [0.1, 0.15) is 18.1 Å². The van der Waals surface area contributed by atoms with Crippen molar-refractivity contribution in [3.63, 3.8) is 0 Å². The number of nitrogens with one attached hydrogen (secondary N) is 1. The van der Waals surface area contributed by atoms with Gasteiger partial charge in [0.2, 0.25) is 0 Å². The zero-order chi connectivity index (χ0) is 20.5. The third-order valence-electron chi connectivity index (χ3n) is 4.33. The van der Waals surface area contributed by atoms with Crippen molar-refractivity contribution in [1.29, 1.82) is 0 Å². The Bertz CT molecular complexity index is 900. The summed E-state index contributed by atoms with van der Waals surface area (Å²) in [4.78, 5) is 6.33. The van der Waals surface area contributed by atoms with Crippen LogP contribution in [0.5, 0.6) is 11.5 Å². The molecule has 1 aromatic heterocycles. The molecule has 0 aliphatic carbocycles. The summed E-state index contributed by atoms with van der Waals surface area (Å²) in [6.07, 6.45) is 3.63. The maximum atomic E-state index is 5.73. The predicted octanol–water partition coefficient (Wildman–Crippen LogP) is 4.89. The van der Waals surface area contributed by atoms with Gasteiger partial charge in [-0.25, -0.2) is 0 Å². The Balaban J connectivity index is 1.74. The van der Waals surface area contributed by atoms with Crippen LogP contribution in [0.3, 0.4) is 0 Å². The van der Waals surface area contributed by atoms with Gasteiger partial charge >= 0.3 is 0 Å². The van der Waals surface area contributed by atoms with E-state index in [9.17, 15) is 0 Å². The second-order valence-corrected chi connectivity index (χ2v) is 6.84. The van der Waals surface area contributed by atoms with Crippen LogP contribution in [0.4, 0.5) is 5.69 Å². The second-order valence-electron chi connectivity index (χ2n) is 6.45. The molecular formula is C23H25N3O2S. The average Bonchev–Trinajstić information content (AvgIpc) is 2.76. The summed E-state index contributed by atoms with van der Waals surface area (Å²) in [5.74, 6) is 1.68. The summed E-state index contributed by atoms with van der Waals surface area (Å²) in [6, 6.07) is 19.8. The van der Waals surface area contributed by atoms with E-state index in [2.05, 4.69) is 27.3 Å². The Morgan fingerprint density at radius 3 is 2.28 bits per heavy atom. The van der Waals surface area contributed by atoms with E-state index in [0.29, 0.717) is 24.8 Å². The van der Waals surface area contributed by atoms with Crippen molar-refractivity contribution < 1.29 is 9.47 Å². The number of hydrogen-bond donors (Lipinski definition) is 1. The van der Waals surface area contributed by atoms with Gasteiger partial charge in [0, 0.05) is 31.2 Å². The van der Waals surface area contributed by atoms with Gasteiger partial charge in [-0.15, -0.1) is 0 Å². The molecule has 150 valence electrons. The maximum absolute atomic E-state index is 5.73. The highest BCUT2D eigenvalue weighted by Crippen LogP contribution is 2.18. The topological polar surface area (TPSA) is 46.6 Å². The number of benzene rings is 2. The molecule has 0 bridgehead atoms. The molecule has 0 fully saturated rings. The first-order chi connectivity index (χ1) is 14.2. The Labute approximate surface area is 177 Å². The van der Waals surface area contributed by atoms with Crippen LogP contribution in [0.25, 0.3) is 0 Å². The van der Waals surface area contributed by atoms with E-state index in [0.717, 1.165) is 28.3 Å². The first-order valence-electron chi connectivity index (χ1n) is 9.48. The first-order valence-corrected chi connectivity index (χ1v) is 9.89. The molecule has 5 nitrogen and oxygen atoms in total. The molecule has 1 heterocycles. The highest BCUT2D eigenvalue weighted by Gasteiger charge is 2.12. The minimum absolute atomic E-state index is 0.645. The fraction of sp³-hybridized carbons (Fsp3) is 0.217. The third kappa shape index (κ3) is 6.19. The van der Waals surface area contributed by atoms with E-state index in [4.69, 9.17) is 21.7 Å². The summed E-state index contributed by atoms with van der Waals surface area (Å²) in [6.45, 7) is 3.94. The molecule has 0 atom stereocenters. The van der Waals surface area contributed by atoms with Crippen molar-refractivity contribution in [3.05, 3.63) is 84.2 Å². The van der Waals surface area contributed by atoms with Crippen molar-refractivity contribution >= 4 is 23.0 Å². The molecule has 0 radical (unpaired) electrons. The third-order valence-corrected chi connectivity index (χ3v) is 4.69. The van der Waals surface area contributed by atoms with Crippen LogP contribution in [-0.2, 0) is 13.1 Å². The average molecular weight is 408 g/mol. The Hall–Kier alpha value is -3.12. The van der Waals surface area contributed by atoms with Crippen molar-refractivity contribution in [2.45, 2.75) is 20.0 Å². The molecule has 2 aromatic carbocycles. The Morgan fingerprint density at radius 2 is 1.66 bits per heavy atom. The van der Waals surface area contributed by atoms with Crippen molar-refractivity contribution in [1.82, 2.24) is 9.88 Å². The van der Waals surface area contributed by atoms with Gasteiger partial charge in [-0.3, -0.25) is 4.98 Å². The van der Waals surface area contributed by atoms with E-state index in [1.165, 1.54) is 0 Å². The van der Waals surface area contributed by atoms with Gasteiger partial charge in [-0.1, -0.05) is 18.2 Å². The molecule has 29 heavy (non-hydrogen) atoms. The molecule has 3 aromatic rings. The highest BCUT2D eigenvalue weighted by atomic mass is 32.1. The van der Waals surface area contributed by atoms with E-state index >= 15 is 0 Å². The summed E-state index contributed by atoms with van der Waals surface area (Å²) >= 11 is 5.73. The molecule has 1 N–H and O–H groups in total. The lowest BCUT2D eigenvalue weighted by molar-refractivity contribution is 0.340. The Morgan fingerprint density at radius 1 is 0.966 bits per heavy atom. The van der Waals surface area contributed by atoms with Crippen molar-refractivity contribution in [3.8, 4) is 11.5 Å². The zero-order valence-corrected chi connectivity index (χ0v) is 17.5. The van der Waals surface area contributed by atoms with Gasteiger partial charge in [-0.2, -0.15) is 0 Å². The monoisotopic (exact) mass is 407 g/mol. The molecule has 6 heteroatoms. The number of thiocarbonyl (C=S) groups is 1. The quantitative estimate of drug-likeness (QED) is 0.537. The summed E-state index contributed by atoms with van der Waals surface area (Å²) in [5, 5.41) is 3.98. The van der Waals surface area contributed by atoms with Crippen LogP contribution >= 0.6 is 12.2 Å². The molecule has 0 aliphatic rings. The van der Waals surface area contributed by atoms with Gasteiger partial charge in [-0.05, 0) is 72.7 Å². The number of aromatic nitrogens is 1. The molecular weight excluding hydrogens is 382 g/mol. The van der Waals surface area contributed by atoms with Gasteiger partial charge in [0.25, 0.3) is 0 Å². The van der Waals surface area contributed by atoms with Gasteiger partial charge in [0.1, 0.15) is 11.5 Å². The number of methoxy groups -OCH3 is 1. The number of rotatable bonds is 8. The van der Waals surface area contributed by atoms with Crippen LogP contribution < -0.4 is 14.8 Å². The lowest BCUT2D eigenvalue weighted by Gasteiger charge is -2.26. The standard InChI is InChI=1S/C23H25N3O2S/c1-3-28-22-12-8-20(9-13-22)25-23(29)26(17-19-5-4-14-24-15-19)16-18-6-10-21(27-2)11-7-18/h4-15H,3,16-17H2,1-2H3,(H,25,29). The number of hydrogen-bond acceptors (Lipinski definition) is 4. The van der Waals surface area contributed by atoms with Crippen LogP contribution in [-0.4, -0.2) is 28.7 Å². The summed E-state index contributed by atoms with van der Waals surface area (Å²) in [5.41, 5.74) is 3.16.